The average Bonchev–Trinajstić information content (AvgIpc) is 2.74. The second-order valence-electron chi connectivity index (χ2n) is 5.57. The number of nitrogens with zero attached hydrogens (tertiary/aromatic N) is 4. The molecule has 0 atom stereocenters. The van der Waals surface area contributed by atoms with Crippen LogP contribution in [0.3, 0.4) is 0 Å². The minimum atomic E-state index is -0.495. The van der Waals surface area contributed by atoms with Crippen molar-refractivity contribution in [2.45, 2.75) is 13.8 Å². The fraction of sp³-hybridized carbons (Fsp3) is 0.200. The van der Waals surface area contributed by atoms with Gasteiger partial charge in [-0.25, -0.2) is 24.5 Å². The molecule has 0 saturated heterocycles. The molecule has 0 unspecified atom stereocenters. The number of aromatic nitrogens is 4. The summed E-state index contributed by atoms with van der Waals surface area (Å²) in [6, 6.07) is 7.92. The summed E-state index contributed by atoms with van der Waals surface area (Å²) in [5.74, 6) is -0.597. The van der Waals surface area contributed by atoms with E-state index in [-0.39, 0.29) is 18.8 Å². The molecule has 0 spiro atoms. The first kappa shape index (κ1) is 19.1. The third kappa shape index (κ3) is 4.35. The van der Waals surface area contributed by atoms with Gasteiger partial charge in [0.05, 0.1) is 35.7 Å². The number of hydrogen-bond acceptors (Lipinski definition) is 8. The van der Waals surface area contributed by atoms with Gasteiger partial charge < -0.3 is 9.47 Å². The van der Waals surface area contributed by atoms with Gasteiger partial charge in [-0.3, -0.25) is 4.98 Å². The Morgan fingerprint density at radius 3 is 2.07 bits per heavy atom. The molecule has 3 heterocycles. The molecule has 8 heteroatoms. The van der Waals surface area contributed by atoms with E-state index in [1.54, 1.807) is 56.6 Å². The molecule has 0 amide bonds. The number of esters is 2. The van der Waals surface area contributed by atoms with E-state index >= 15 is 0 Å². The number of carbonyl (C=O) groups excluding carboxylic acids is 2. The summed E-state index contributed by atoms with van der Waals surface area (Å²) < 4.78 is 10.1. The van der Waals surface area contributed by atoms with E-state index in [4.69, 9.17) is 9.47 Å². The fourth-order valence-corrected chi connectivity index (χ4v) is 2.45. The molecule has 0 aromatic carbocycles. The number of hydrogen-bond donors (Lipinski definition) is 0. The lowest BCUT2D eigenvalue weighted by Gasteiger charge is -2.09. The predicted molar refractivity (Wildman–Crippen MR) is 100 cm³/mol. The Morgan fingerprint density at radius 1 is 0.786 bits per heavy atom. The molecule has 3 aromatic heterocycles. The zero-order chi connectivity index (χ0) is 19.9. The third-order valence-corrected chi connectivity index (χ3v) is 3.66. The first-order chi connectivity index (χ1) is 13.6. The van der Waals surface area contributed by atoms with Crippen molar-refractivity contribution >= 4 is 11.9 Å². The molecule has 0 aliphatic heterocycles. The quantitative estimate of drug-likeness (QED) is 0.603. The largest absolute Gasteiger partial charge is 0.462 e. The van der Waals surface area contributed by atoms with Gasteiger partial charge in [0.25, 0.3) is 0 Å². The van der Waals surface area contributed by atoms with Crippen molar-refractivity contribution in [3.63, 3.8) is 0 Å². The van der Waals surface area contributed by atoms with E-state index in [0.29, 0.717) is 28.5 Å². The van der Waals surface area contributed by atoms with Gasteiger partial charge in [0, 0.05) is 18.6 Å². The molecule has 3 aromatic rings. The molecule has 0 aliphatic rings. The molecule has 0 fully saturated rings. The monoisotopic (exact) mass is 378 g/mol. The second kappa shape index (κ2) is 8.81. The normalized spacial score (nSPS) is 10.4. The summed E-state index contributed by atoms with van der Waals surface area (Å²) in [4.78, 5) is 41.4. The predicted octanol–water partition coefficient (Wildman–Crippen LogP) is 2.95. The van der Waals surface area contributed by atoms with E-state index in [0.717, 1.165) is 0 Å². The summed E-state index contributed by atoms with van der Waals surface area (Å²) in [6.45, 7) is 3.97. The molecule has 28 heavy (non-hydrogen) atoms. The van der Waals surface area contributed by atoms with Gasteiger partial charge in [0.1, 0.15) is 5.69 Å². The van der Waals surface area contributed by atoms with Crippen molar-refractivity contribution in [1.82, 2.24) is 19.9 Å². The Balaban J connectivity index is 2.10. The lowest BCUT2D eigenvalue weighted by Crippen LogP contribution is -2.08. The Hall–Kier alpha value is -3.68. The Morgan fingerprint density at radius 2 is 1.39 bits per heavy atom. The second-order valence-corrected chi connectivity index (χ2v) is 5.57. The van der Waals surface area contributed by atoms with Crippen LogP contribution in [0, 0.1) is 0 Å². The van der Waals surface area contributed by atoms with Crippen LogP contribution >= 0.6 is 0 Å². The van der Waals surface area contributed by atoms with E-state index in [1.807, 2.05) is 0 Å². The number of carbonyl (C=O) groups is 2. The van der Waals surface area contributed by atoms with Crippen molar-refractivity contribution < 1.29 is 19.1 Å². The summed E-state index contributed by atoms with van der Waals surface area (Å²) in [6.07, 6.45) is 4.65. The van der Waals surface area contributed by atoms with Crippen molar-refractivity contribution in [3.05, 3.63) is 60.0 Å². The summed E-state index contributed by atoms with van der Waals surface area (Å²) >= 11 is 0. The van der Waals surface area contributed by atoms with E-state index in [1.165, 1.54) is 6.20 Å². The van der Waals surface area contributed by atoms with Crippen LogP contribution in [0.5, 0.6) is 0 Å². The van der Waals surface area contributed by atoms with E-state index in [9.17, 15) is 9.59 Å². The van der Waals surface area contributed by atoms with Crippen molar-refractivity contribution in [3.8, 4) is 22.9 Å². The smallest absolute Gasteiger partial charge is 0.338 e. The third-order valence-electron chi connectivity index (χ3n) is 3.66. The molecule has 0 saturated carbocycles. The average molecular weight is 378 g/mol. The van der Waals surface area contributed by atoms with Gasteiger partial charge >= 0.3 is 11.9 Å². The zero-order valence-corrected chi connectivity index (χ0v) is 15.5. The highest BCUT2D eigenvalue weighted by atomic mass is 16.5. The number of pyridine rings is 2. The molecule has 0 bridgehead atoms. The van der Waals surface area contributed by atoms with Crippen LogP contribution in [-0.4, -0.2) is 45.1 Å². The highest BCUT2D eigenvalue weighted by Crippen LogP contribution is 2.23. The highest BCUT2D eigenvalue weighted by Gasteiger charge is 2.16. The van der Waals surface area contributed by atoms with Gasteiger partial charge in [0.15, 0.2) is 5.82 Å². The maximum absolute atomic E-state index is 12.3. The maximum Gasteiger partial charge on any atom is 0.338 e. The van der Waals surface area contributed by atoms with Gasteiger partial charge in [-0.2, -0.15) is 0 Å². The summed E-state index contributed by atoms with van der Waals surface area (Å²) in [5, 5.41) is 0. The van der Waals surface area contributed by atoms with Crippen LogP contribution in [0.2, 0.25) is 0 Å². The van der Waals surface area contributed by atoms with Crippen LogP contribution in [0.4, 0.5) is 0 Å². The van der Waals surface area contributed by atoms with E-state index < -0.39 is 11.9 Å². The molecule has 142 valence electrons. The summed E-state index contributed by atoms with van der Waals surface area (Å²) in [7, 11) is 0. The van der Waals surface area contributed by atoms with Crippen molar-refractivity contribution in [2.75, 3.05) is 13.2 Å². The topological polar surface area (TPSA) is 104 Å². The van der Waals surface area contributed by atoms with E-state index in [2.05, 4.69) is 19.9 Å². The van der Waals surface area contributed by atoms with Gasteiger partial charge in [-0.1, -0.05) is 0 Å². The molecular formula is C20H18N4O4. The van der Waals surface area contributed by atoms with Crippen LogP contribution < -0.4 is 0 Å². The first-order valence-electron chi connectivity index (χ1n) is 8.72. The first-order valence-corrected chi connectivity index (χ1v) is 8.72. The van der Waals surface area contributed by atoms with Crippen LogP contribution in [-0.2, 0) is 9.47 Å². The maximum atomic E-state index is 12.3. The molecule has 0 radical (unpaired) electrons. The molecular weight excluding hydrogens is 360 g/mol. The fourth-order valence-electron chi connectivity index (χ4n) is 2.45. The van der Waals surface area contributed by atoms with Crippen LogP contribution in [0.25, 0.3) is 22.9 Å². The minimum Gasteiger partial charge on any atom is -0.462 e. The highest BCUT2D eigenvalue weighted by molar-refractivity contribution is 5.93. The molecule has 3 rings (SSSR count). The zero-order valence-electron chi connectivity index (χ0n) is 15.5. The molecule has 0 N–H and O–H groups in total. The minimum absolute atomic E-state index is 0.240. The van der Waals surface area contributed by atoms with Crippen molar-refractivity contribution in [1.29, 1.82) is 0 Å². The Bertz CT molecular complexity index is 993. The SMILES string of the molecule is CCOC(=O)c1ccnc(-c2cc(C(=O)OCC)cc(-c3ncccn3)n2)c1. The lowest BCUT2D eigenvalue weighted by molar-refractivity contribution is 0.0516. The van der Waals surface area contributed by atoms with Crippen molar-refractivity contribution in [2.24, 2.45) is 0 Å². The molecule has 8 nitrogen and oxygen atoms in total. The Labute approximate surface area is 161 Å². The number of ether oxygens (including phenoxy) is 2. The number of rotatable bonds is 6. The lowest BCUT2D eigenvalue weighted by atomic mass is 10.1. The Kier molecular flexibility index (Phi) is 6.01. The molecule has 0 aliphatic carbocycles. The van der Waals surface area contributed by atoms with Gasteiger partial charge in [-0.15, -0.1) is 0 Å². The summed E-state index contributed by atoms with van der Waals surface area (Å²) in [5.41, 5.74) is 1.82. The van der Waals surface area contributed by atoms with Crippen LogP contribution in [0.15, 0.2) is 48.9 Å². The van der Waals surface area contributed by atoms with Gasteiger partial charge in [0.2, 0.25) is 0 Å². The van der Waals surface area contributed by atoms with Gasteiger partial charge in [-0.05, 0) is 44.2 Å². The standard InChI is InChI=1S/C20H18N4O4/c1-3-27-19(25)13-6-9-21-15(10-13)16-11-14(20(26)28-4-2)12-17(24-16)18-22-7-5-8-23-18/h5-12H,3-4H2,1-2H3. The van der Waals surface area contributed by atoms with Crippen LogP contribution in [0.1, 0.15) is 34.6 Å².